The van der Waals surface area contributed by atoms with Crippen molar-refractivity contribution in [2.24, 2.45) is 5.92 Å². The highest BCUT2D eigenvalue weighted by Crippen LogP contribution is 2.50. The largest absolute Gasteiger partial charge is 0.497 e. The topological polar surface area (TPSA) is 38.8 Å². The van der Waals surface area contributed by atoms with E-state index in [1.165, 1.54) is 5.56 Å². The monoisotopic (exact) mass is 351 g/mol. The molecule has 2 aromatic carbocycles. The van der Waals surface area contributed by atoms with Gasteiger partial charge in [0.15, 0.2) is 0 Å². The van der Waals surface area contributed by atoms with Crippen molar-refractivity contribution < 1.29 is 14.3 Å². The number of hydrogen-bond donors (Lipinski definition) is 0. The molecule has 1 aliphatic carbocycles. The lowest BCUT2D eigenvalue weighted by Gasteiger charge is -2.30. The second-order valence-corrected chi connectivity index (χ2v) is 7.81. The van der Waals surface area contributed by atoms with Gasteiger partial charge >= 0.3 is 6.09 Å². The second-order valence-electron chi connectivity index (χ2n) is 7.81. The highest BCUT2D eigenvalue weighted by atomic mass is 16.6. The van der Waals surface area contributed by atoms with Crippen molar-refractivity contribution in [3.63, 3.8) is 0 Å². The minimum absolute atomic E-state index is 0.0771. The van der Waals surface area contributed by atoms with Gasteiger partial charge in [0.25, 0.3) is 0 Å². The van der Waals surface area contributed by atoms with Gasteiger partial charge in [-0.05, 0) is 55.9 Å². The van der Waals surface area contributed by atoms with Gasteiger partial charge in [-0.25, -0.2) is 4.79 Å². The molecule has 4 nitrogen and oxygen atoms in total. The predicted molar refractivity (Wildman–Crippen MR) is 100 cm³/mol. The maximum atomic E-state index is 12.7. The van der Waals surface area contributed by atoms with Crippen LogP contribution in [0, 0.1) is 5.92 Å². The van der Waals surface area contributed by atoms with Gasteiger partial charge in [0, 0.05) is 6.04 Å². The van der Waals surface area contributed by atoms with E-state index in [-0.39, 0.29) is 18.2 Å². The van der Waals surface area contributed by atoms with Crippen LogP contribution in [0.5, 0.6) is 5.75 Å². The first-order valence-corrected chi connectivity index (χ1v) is 9.19. The average molecular weight is 351 g/mol. The molecule has 4 rings (SSSR count). The molecule has 1 saturated carbocycles. The molecule has 4 heteroatoms. The lowest BCUT2D eigenvalue weighted by atomic mass is 9.91. The number of methoxy groups -OCH3 is 1. The molecule has 0 aromatic heterocycles. The van der Waals surface area contributed by atoms with E-state index in [0.717, 1.165) is 24.2 Å². The smallest absolute Gasteiger partial charge is 0.411 e. The molecule has 136 valence electrons. The molecule has 0 spiro atoms. The normalized spacial score (nSPS) is 26.5. The second kappa shape index (κ2) is 6.35. The van der Waals surface area contributed by atoms with Crippen molar-refractivity contribution >= 4 is 6.09 Å². The maximum absolute atomic E-state index is 12.7. The van der Waals surface area contributed by atoms with E-state index in [1.54, 1.807) is 7.11 Å². The summed E-state index contributed by atoms with van der Waals surface area (Å²) >= 11 is 0. The molecule has 1 heterocycles. The molecule has 26 heavy (non-hydrogen) atoms. The Bertz CT molecular complexity index is 785. The Morgan fingerprint density at radius 2 is 1.81 bits per heavy atom. The fourth-order valence-corrected chi connectivity index (χ4v) is 4.16. The third kappa shape index (κ3) is 3.05. The first-order chi connectivity index (χ1) is 12.5. The standard InChI is InChI=1S/C22H25NO3/c1-22(2)20(16-9-11-18(25-3)12-10-16)23(21(24)26-22)19-14-17(19)13-15-7-5-4-6-8-15/h4-12,17,19-20H,13-14H2,1-3H3/t17-,19-,20-/m1/s1. The van der Waals surface area contributed by atoms with Crippen molar-refractivity contribution in [2.75, 3.05) is 7.11 Å². The third-order valence-electron chi connectivity index (χ3n) is 5.51. The Labute approximate surface area is 154 Å². The molecule has 0 bridgehead atoms. The Kier molecular flexibility index (Phi) is 4.14. The number of nitrogens with zero attached hydrogens (tertiary/aromatic N) is 1. The zero-order valence-electron chi connectivity index (χ0n) is 15.5. The van der Waals surface area contributed by atoms with Crippen LogP contribution in [0.4, 0.5) is 4.79 Å². The van der Waals surface area contributed by atoms with Gasteiger partial charge < -0.3 is 9.47 Å². The minimum atomic E-state index is -0.550. The third-order valence-corrected chi connectivity index (χ3v) is 5.51. The number of ether oxygens (including phenoxy) is 2. The Morgan fingerprint density at radius 3 is 2.46 bits per heavy atom. The van der Waals surface area contributed by atoms with Crippen LogP contribution < -0.4 is 4.74 Å². The molecule has 0 radical (unpaired) electrons. The first-order valence-electron chi connectivity index (χ1n) is 9.19. The van der Waals surface area contributed by atoms with Crippen LogP contribution in [-0.2, 0) is 11.2 Å². The highest BCUT2D eigenvalue weighted by molar-refractivity contribution is 5.73. The molecule has 2 aromatic rings. The molecule has 2 aliphatic rings. The molecule has 1 saturated heterocycles. The zero-order valence-corrected chi connectivity index (χ0v) is 15.5. The quantitative estimate of drug-likeness (QED) is 0.790. The first kappa shape index (κ1) is 17.0. The Hall–Kier alpha value is -2.49. The summed E-state index contributed by atoms with van der Waals surface area (Å²) in [5.74, 6) is 1.32. The van der Waals surface area contributed by atoms with E-state index in [0.29, 0.717) is 5.92 Å². The van der Waals surface area contributed by atoms with E-state index in [4.69, 9.17) is 9.47 Å². The van der Waals surface area contributed by atoms with Crippen LogP contribution in [0.3, 0.4) is 0 Å². The predicted octanol–water partition coefficient (Wildman–Crippen LogP) is 4.60. The van der Waals surface area contributed by atoms with Crippen LogP contribution in [0.25, 0.3) is 0 Å². The molecule has 1 aliphatic heterocycles. The summed E-state index contributed by atoms with van der Waals surface area (Å²) in [4.78, 5) is 14.6. The number of amides is 1. The van der Waals surface area contributed by atoms with Gasteiger partial charge in [-0.2, -0.15) is 0 Å². The van der Waals surface area contributed by atoms with Crippen LogP contribution >= 0.6 is 0 Å². The van der Waals surface area contributed by atoms with Crippen LogP contribution in [0.15, 0.2) is 54.6 Å². The summed E-state index contributed by atoms with van der Waals surface area (Å²) in [5.41, 5.74) is 1.87. The molecule has 0 N–H and O–H groups in total. The molecule has 0 unspecified atom stereocenters. The fraction of sp³-hybridized carbons (Fsp3) is 0.409. The van der Waals surface area contributed by atoms with Crippen LogP contribution in [0.1, 0.15) is 37.4 Å². The van der Waals surface area contributed by atoms with Gasteiger partial charge in [-0.1, -0.05) is 42.5 Å². The summed E-state index contributed by atoms with van der Waals surface area (Å²) in [7, 11) is 1.66. The molecule has 2 fully saturated rings. The van der Waals surface area contributed by atoms with Gasteiger partial charge in [0.1, 0.15) is 11.4 Å². The maximum Gasteiger partial charge on any atom is 0.411 e. The van der Waals surface area contributed by atoms with Gasteiger partial charge in [-0.15, -0.1) is 0 Å². The lowest BCUT2D eigenvalue weighted by Crippen LogP contribution is -2.36. The van der Waals surface area contributed by atoms with Crippen molar-refractivity contribution in [1.29, 1.82) is 0 Å². The van der Waals surface area contributed by atoms with Crippen molar-refractivity contribution in [1.82, 2.24) is 4.90 Å². The molecular formula is C22H25NO3. The molecular weight excluding hydrogens is 326 g/mol. The number of benzene rings is 2. The molecule has 1 amide bonds. The van der Waals surface area contributed by atoms with Crippen molar-refractivity contribution in [3.05, 3.63) is 65.7 Å². The number of hydrogen-bond acceptors (Lipinski definition) is 3. The number of rotatable bonds is 5. The number of carbonyl (C=O) groups excluding carboxylic acids is 1. The van der Waals surface area contributed by atoms with E-state index < -0.39 is 5.60 Å². The molecule has 3 atom stereocenters. The zero-order chi connectivity index (χ0) is 18.3. The van der Waals surface area contributed by atoms with Crippen molar-refractivity contribution in [3.8, 4) is 5.75 Å². The van der Waals surface area contributed by atoms with Gasteiger partial charge in [-0.3, -0.25) is 4.90 Å². The highest BCUT2D eigenvalue weighted by Gasteiger charge is 2.56. The summed E-state index contributed by atoms with van der Waals surface area (Å²) < 4.78 is 11.0. The summed E-state index contributed by atoms with van der Waals surface area (Å²) in [6.07, 6.45) is 1.84. The number of cyclic esters (lactones) is 1. The summed E-state index contributed by atoms with van der Waals surface area (Å²) in [6.45, 7) is 3.99. The van der Waals surface area contributed by atoms with Gasteiger partial charge in [0.2, 0.25) is 0 Å². The van der Waals surface area contributed by atoms with E-state index in [2.05, 4.69) is 24.3 Å². The SMILES string of the molecule is COc1ccc([C@H]2N([C@@H]3C[C@H]3Cc3ccccc3)C(=O)OC2(C)C)cc1. The Balaban J connectivity index is 1.56. The van der Waals surface area contributed by atoms with Crippen LogP contribution in [-0.4, -0.2) is 29.7 Å². The van der Waals surface area contributed by atoms with Crippen molar-refractivity contribution in [2.45, 2.75) is 44.4 Å². The fourth-order valence-electron chi connectivity index (χ4n) is 4.16. The Morgan fingerprint density at radius 1 is 1.12 bits per heavy atom. The summed E-state index contributed by atoms with van der Waals surface area (Å²) in [6, 6.07) is 18.6. The minimum Gasteiger partial charge on any atom is -0.497 e. The van der Waals surface area contributed by atoms with E-state index in [9.17, 15) is 4.79 Å². The summed E-state index contributed by atoms with van der Waals surface area (Å²) in [5, 5.41) is 0. The lowest BCUT2D eigenvalue weighted by molar-refractivity contribution is 0.0674. The van der Waals surface area contributed by atoms with Gasteiger partial charge in [0.05, 0.1) is 13.2 Å². The number of carbonyl (C=O) groups is 1. The van der Waals surface area contributed by atoms with E-state index in [1.807, 2.05) is 49.1 Å². The van der Waals surface area contributed by atoms with Crippen LogP contribution in [0.2, 0.25) is 0 Å². The average Bonchev–Trinajstić information content (AvgIpc) is 3.32. The van der Waals surface area contributed by atoms with E-state index >= 15 is 0 Å².